The molecule has 4 rings (SSSR count). The Morgan fingerprint density at radius 1 is 0.759 bits per heavy atom. The number of likely N-dealkylation sites (tertiary alicyclic amines) is 1. The van der Waals surface area contributed by atoms with Gasteiger partial charge in [-0.25, -0.2) is 0 Å². The summed E-state index contributed by atoms with van der Waals surface area (Å²) >= 11 is 1.76. The van der Waals surface area contributed by atoms with Gasteiger partial charge in [0.2, 0.25) is 5.91 Å². The molecule has 0 aliphatic carbocycles. The quantitative estimate of drug-likeness (QED) is 0.506. The van der Waals surface area contributed by atoms with Crippen LogP contribution in [0.25, 0.3) is 0 Å². The molecule has 1 amide bonds. The van der Waals surface area contributed by atoms with Crippen molar-refractivity contribution in [1.82, 2.24) is 9.80 Å². The van der Waals surface area contributed by atoms with Gasteiger partial charge in [0.15, 0.2) is 0 Å². The van der Waals surface area contributed by atoms with E-state index in [-0.39, 0.29) is 17.3 Å². The highest BCUT2D eigenvalue weighted by Gasteiger charge is 2.49. The molecule has 148 valence electrons. The summed E-state index contributed by atoms with van der Waals surface area (Å²) < 4.78 is 0. The zero-order valence-corrected chi connectivity index (χ0v) is 17.5. The Balaban J connectivity index is 1.55. The van der Waals surface area contributed by atoms with Crippen molar-refractivity contribution in [2.45, 2.75) is 31.0 Å². The molecule has 0 unspecified atom stereocenters. The third kappa shape index (κ3) is 4.55. The normalized spacial score (nSPS) is 18.7. The molecule has 1 fully saturated rings. The second kappa shape index (κ2) is 9.29. The van der Waals surface area contributed by atoms with Crippen LogP contribution in [0.3, 0.4) is 0 Å². The smallest absolute Gasteiger partial charge is 0.244 e. The summed E-state index contributed by atoms with van der Waals surface area (Å²) in [5, 5.41) is 0.162. The monoisotopic (exact) mass is 402 g/mol. The predicted octanol–water partition coefficient (Wildman–Crippen LogP) is 4.79. The third-order valence-electron chi connectivity index (χ3n) is 5.40. The van der Waals surface area contributed by atoms with E-state index in [0.717, 1.165) is 13.1 Å². The van der Waals surface area contributed by atoms with Crippen LogP contribution in [0.15, 0.2) is 91.0 Å². The molecular weight excluding hydrogens is 376 g/mol. The average molecular weight is 403 g/mol. The number of thioether (sulfide) groups is 1. The Morgan fingerprint density at radius 3 is 1.66 bits per heavy atom. The first kappa shape index (κ1) is 19.7. The topological polar surface area (TPSA) is 23.6 Å². The van der Waals surface area contributed by atoms with Gasteiger partial charge in [0.25, 0.3) is 0 Å². The summed E-state index contributed by atoms with van der Waals surface area (Å²) in [6.07, 6.45) is 2.10. The predicted molar refractivity (Wildman–Crippen MR) is 120 cm³/mol. The zero-order valence-electron chi connectivity index (χ0n) is 16.6. The van der Waals surface area contributed by atoms with E-state index in [9.17, 15) is 4.79 Å². The summed E-state index contributed by atoms with van der Waals surface area (Å²) in [4.78, 5) is 17.6. The van der Waals surface area contributed by atoms with Crippen molar-refractivity contribution in [3.63, 3.8) is 0 Å². The molecule has 1 aliphatic heterocycles. The second-order valence-corrected chi connectivity index (χ2v) is 8.35. The van der Waals surface area contributed by atoms with Crippen LogP contribution >= 0.6 is 11.8 Å². The van der Waals surface area contributed by atoms with Gasteiger partial charge < -0.3 is 4.90 Å². The van der Waals surface area contributed by atoms with E-state index in [1.165, 1.54) is 16.7 Å². The van der Waals surface area contributed by atoms with Gasteiger partial charge in [-0.3, -0.25) is 9.69 Å². The molecule has 1 saturated heterocycles. The van der Waals surface area contributed by atoms with Crippen molar-refractivity contribution in [2.24, 2.45) is 0 Å². The Kier molecular flexibility index (Phi) is 6.33. The number of benzene rings is 3. The molecule has 29 heavy (non-hydrogen) atoms. The number of nitrogens with zero attached hydrogens (tertiary/aromatic N) is 2. The summed E-state index contributed by atoms with van der Waals surface area (Å²) in [5.74, 6) is 0.222. The molecule has 0 aromatic heterocycles. The highest BCUT2D eigenvalue weighted by Crippen LogP contribution is 2.35. The molecule has 3 aromatic carbocycles. The van der Waals surface area contributed by atoms with Crippen molar-refractivity contribution in [3.8, 4) is 0 Å². The number of β-lactam (4-membered cyclic amide) rings is 1. The van der Waals surface area contributed by atoms with Gasteiger partial charge >= 0.3 is 0 Å². The molecule has 2 atom stereocenters. The fraction of sp³-hybridized carbons (Fsp3) is 0.240. The number of amides is 1. The minimum absolute atomic E-state index is 0.103. The fourth-order valence-corrected chi connectivity index (χ4v) is 4.91. The maximum absolute atomic E-state index is 13.2. The Hall–Kier alpha value is -2.56. The first-order valence-corrected chi connectivity index (χ1v) is 11.2. The van der Waals surface area contributed by atoms with E-state index in [1.807, 2.05) is 35.2 Å². The highest BCUT2D eigenvalue weighted by molar-refractivity contribution is 7.99. The molecule has 0 N–H and O–H groups in total. The molecule has 0 bridgehead atoms. The largest absolute Gasteiger partial charge is 0.323 e. The van der Waals surface area contributed by atoms with Crippen LogP contribution in [0.4, 0.5) is 0 Å². The summed E-state index contributed by atoms with van der Waals surface area (Å²) in [7, 11) is 0. The minimum Gasteiger partial charge on any atom is -0.323 e. The van der Waals surface area contributed by atoms with E-state index < -0.39 is 0 Å². The molecular formula is C25H26N2OS. The number of hydrogen-bond acceptors (Lipinski definition) is 3. The number of rotatable bonds is 8. The van der Waals surface area contributed by atoms with Gasteiger partial charge in [-0.15, -0.1) is 11.8 Å². The second-order valence-electron chi connectivity index (χ2n) is 7.40. The molecule has 1 aliphatic rings. The Labute approximate surface area is 177 Å². The lowest BCUT2D eigenvalue weighted by atomic mass is 10.0. The van der Waals surface area contributed by atoms with E-state index >= 15 is 0 Å². The van der Waals surface area contributed by atoms with Gasteiger partial charge in [-0.1, -0.05) is 91.0 Å². The standard InChI is InChI=1S/C25H26N2OS/c1-29-25-23(24(28)27(25)19-22-15-9-4-10-16-22)26(17-20-11-5-2-6-12-20)18-21-13-7-3-8-14-21/h2-16,23,25H,17-19H2,1H3/t23-,25+/m1/s1. The van der Waals surface area contributed by atoms with Gasteiger partial charge in [0.1, 0.15) is 11.4 Å². The number of carbonyl (C=O) groups is 1. The van der Waals surface area contributed by atoms with Crippen molar-refractivity contribution >= 4 is 17.7 Å². The Bertz CT molecular complexity index is 876. The lowest BCUT2D eigenvalue weighted by Crippen LogP contribution is -2.68. The van der Waals surface area contributed by atoms with Crippen molar-refractivity contribution in [1.29, 1.82) is 0 Å². The molecule has 3 nitrogen and oxygen atoms in total. The maximum atomic E-state index is 13.2. The van der Waals surface area contributed by atoms with Gasteiger partial charge in [-0.05, 0) is 22.9 Å². The SMILES string of the molecule is CS[C@H]1[C@H](N(Cc2ccccc2)Cc2ccccc2)C(=O)N1Cc1ccccc1. The summed E-state index contributed by atoms with van der Waals surface area (Å²) in [6.45, 7) is 2.21. The van der Waals surface area contributed by atoms with E-state index in [1.54, 1.807) is 11.8 Å². The molecule has 4 heteroatoms. The molecule has 0 radical (unpaired) electrons. The fourth-order valence-electron chi connectivity index (χ4n) is 3.93. The maximum Gasteiger partial charge on any atom is 0.244 e. The van der Waals surface area contributed by atoms with Crippen LogP contribution in [-0.2, 0) is 24.4 Å². The first-order chi connectivity index (χ1) is 14.3. The van der Waals surface area contributed by atoms with Crippen molar-refractivity contribution in [3.05, 3.63) is 108 Å². The highest BCUT2D eigenvalue weighted by atomic mass is 32.2. The minimum atomic E-state index is -0.103. The van der Waals surface area contributed by atoms with Crippen LogP contribution in [-0.4, -0.2) is 33.4 Å². The average Bonchev–Trinajstić information content (AvgIpc) is 2.77. The third-order valence-corrected chi connectivity index (χ3v) is 6.40. The van der Waals surface area contributed by atoms with Crippen LogP contribution < -0.4 is 0 Å². The Morgan fingerprint density at radius 2 is 1.21 bits per heavy atom. The lowest BCUT2D eigenvalue weighted by molar-refractivity contribution is -0.155. The van der Waals surface area contributed by atoms with Crippen LogP contribution in [0.2, 0.25) is 0 Å². The van der Waals surface area contributed by atoms with Crippen molar-refractivity contribution < 1.29 is 4.79 Å². The van der Waals surface area contributed by atoms with Crippen LogP contribution in [0.1, 0.15) is 16.7 Å². The van der Waals surface area contributed by atoms with Gasteiger partial charge in [-0.2, -0.15) is 0 Å². The first-order valence-electron chi connectivity index (χ1n) is 9.95. The van der Waals surface area contributed by atoms with Crippen LogP contribution in [0.5, 0.6) is 0 Å². The van der Waals surface area contributed by atoms with Gasteiger partial charge in [0.05, 0.1) is 0 Å². The van der Waals surface area contributed by atoms with E-state index in [4.69, 9.17) is 0 Å². The van der Waals surface area contributed by atoms with Gasteiger partial charge in [0, 0.05) is 19.6 Å². The summed E-state index contributed by atoms with van der Waals surface area (Å²) in [6, 6.07) is 31.0. The molecule has 3 aromatic rings. The summed E-state index contributed by atoms with van der Waals surface area (Å²) in [5.41, 5.74) is 3.64. The number of hydrogen-bond donors (Lipinski definition) is 0. The van der Waals surface area contributed by atoms with E-state index in [0.29, 0.717) is 6.54 Å². The lowest BCUT2D eigenvalue weighted by Gasteiger charge is -2.50. The van der Waals surface area contributed by atoms with Crippen LogP contribution in [0, 0.1) is 0 Å². The van der Waals surface area contributed by atoms with E-state index in [2.05, 4.69) is 71.8 Å². The number of carbonyl (C=O) groups excluding carboxylic acids is 1. The molecule has 1 heterocycles. The zero-order chi connectivity index (χ0) is 20.1. The molecule has 0 spiro atoms. The molecule has 0 saturated carbocycles. The van der Waals surface area contributed by atoms with Crippen molar-refractivity contribution in [2.75, 3.05) is 6.26 Å².